The quantitative estimate of drug-likeness (QED) is 0.770. The first-order chi connectivity index (χ1) is 6.43. The maximum atomic E-state index is 11.6. The first-order valence-electron chi connectivity index (χ1n) is 4.73. The van der Waals surface area contributed by atoms with Gasteiger partial charge in [0.05, 0.1) is 5.69 Å². The van der Waals surface area contributed by atoms with Crippen molar-refractivity contribution in [1.82, 2.24) is 9.97 Å². The van der Waals surface area contributed by atoms with Gasteiger partial charge in [-0.2, -0.15) is 0 Å². The van der Waals surface area contributed by atoms with Crippen molar-refractivity contribution in [2.75, 3.05) is 0 Å². The fourth-order valence-electron chi connectivity index (χ4n) is 1.47. The molecule has 0 saturated heterocycles. The third-order valence-corrected chi connectivity index (χ3v) is 2.26. The zero-order valence-electron chi connectivity index (χ0n) is 8.89. The van der Waals surface area contributed by atoms with Crippen LogP contribution in [0.25, 0.3) is 0 Å². The molecule has 0 fully saturated rings. The minimum absolute atomic E-state index is 0.122. The molecule has 0 radical (unpaired) electrons. The van der Waals surface area contributed by atoms with E-state index in [1.54, 1.807) is 0 Å². The van der Waals surface area contributed by atoms with Crippen molar-refractivity contribution in [1.29, 1.82) is 0 Å². The van der Waals surface area contributed by atoms with Crippen LogP contribution in [0.2, 0.25) is 5.28 Å². The van der Waals surface area contributed by atoms with Gasteiger partial charge in [-0.05, 0) is 23.4 Å². The molecule has 3 nitrogen and oxygen atoms in total. The van der Waals surface area contributed by atoms with E-state index < -0.39 is 0 Å². The number of halogens is 1. The van der Waals surface area contributed by atoms with Crippen LogP contribution in [0.5, 0.6) is 0 Å². The molecule has 0 unspecified atom stereocenters. The van der Waals surface area contributed by atoms with E-state index in [1.165, 1.54) is 0 Å². The second-order valence-electron chi connectivity index (χ2n) is 3.97. The van der Waals surface area contributed by atoms with Crippen molar-refractivity contribution in [3.63, 3.8) is 0 Å². The standard InChI is InChI=1S/C10H15ClN2O/c1-5(2)7-8(6(3)4)12-10(11)13-9(7)14/h5-6H,1-4H3,(H,12,13,14). The first kappa shape index (κ1) is 11.2. The number of H-pyrrole nitrogens is 1. The number of rotatable bonds is 2. The Morgan fingerprint density at radius 3 is 2.21 bits per heavy atom. The molecule has 0 saturated carbocycles. The molecule has 1 heterocycles. The second kappa shape index (κ2) is 4.13. The van der Waals surface area contributed by atoms with Crippen molar-refractivity contribution in [2.24, 2.45) is 0 Å². The Bertz CT molecular complexity index is 382. The van der Waals surface area contributed by atoms with E-state index in [-0.39, 0.29) is 22.7 Å². The topological polar surface area (TPSA) is 45.8 Å². The van der Waals surface area contributed by atoms with Gasteiger partial charge >= 0.3 is 0 Å². The van der Waals surface area contributed by atoms with Gasteiger partial charge in [0.2, 0.25) is 5.28 Å². The third kappa shape index (κ3) is 2.15. The van der Waals surface area contributed by atoms with Crippen LogP contribution < -0.4 is 5.56 Å². The van der Waals surface area contributed by atoms with E-state index in [2.05, 4.69) is 9.97 Å². The third-order valence-electron chi connectivity index (χ3n) is 2.08. The summed E-state index contributed by atoms with van der Waals surface area (Å²) < 4.78 is 0. The maximum Gasteiger partial charge on any atom is 0.255 e. The fraction of sp³-hybridized carbons (Fsp3) is 0.600. The normalized spacial score (nSPS) is 11.4. The second-order valence-corrected chi connectivity index (χ2v) is 4.32. The Morgan fingerprint density at radius 1 is 1.21 bits per heavy atom. The summed E-state index contributed by atoms with van der Waals surface area (Å²) in [4.78, 5) is 18.3. The molecule has 78 valence electrons. The lowest BCUT2D eigenvalue weighted by molar-refractivity contribution is 0.736. The number of hydrogen-bond acceptors (Lipinski definition) is 2. The number of aromatic amines is 1. The molecule has 0 aromatic carbocycles. The highest BCUT2D eigenvalue weighted by atomic mass is 35.5. The lowest BCUT2D eigenvalue weighted by Gasteiger charge is -2.13. The van der Waals surface area contributed by atoms with Crippen LogP contribution in [0, 0.1) is 0 Å². The predicted octanol–water partition coefficient (Wildman–Crippen LogP) is 2.67. The van der Waals surface area contributed by atoms with Gasteiger partial charge in [-0.1, -0.05) is 27.7 Å². The van der Waals surface area contributed by atoms with Gasteiger partial charge in [0, 0.05) is 5.56 Å². The first-order valence-corrected chi connectivity index (χ1v) is 5.11. The highest BCUT2D eigenvalue weighted by molar-refractivity contribution is 6.28. The van der Waals surface area contributed by atoms with Gasteiger partial charge < -0.3 is 0 Å². The number of hydrogen-bond donors (Lipinski definition) is 1. The largest absolute Gasteiger partial charge is 0.297 e. The van der Waals surface area contributed by atoms with Crippen LogP contribution in [0.3, 0.4) is 0 Å². The van der Waals surface area contributed by atoms with Crippen LogP contribution in [-0.2, 0) is 0 Å². The van der Waals surface area contributed by atoms with E-state index in [0.29, 0.717) is 0 Å². The van der Waals surface area contributed by atoms with Gasteiger partial charge in [0.25, 0.3) is 5.56 Å². The molecule has 1 N–H and O–H groups in total. The lowest BCUT2D eigenvalue weighted by atomic mass is 9.97. The summed E-state index contributed by atoms with van der Waals surface area (Å²) in [5.74, 6) is 0.383. The molecule has 1 aromatic heterocycles. The Balaban J connectivity index is 3.45. The molecule has 0 bridgehead atoms. The lowest BCUT2D eigenvalue weighted by Crippen LogP contribution is -2.19. The summed E-state index contributed by atoms with van der Waals surface area (Å²) in [5.41, 5.74) is 1.42. The summed E-state index contributed by atoms with van der Waals surface area (Å²) in [6, 6.07) is 0. The number of nitrogens with one attached hydrogen (secondary N) is 1. The predicted molar refractivity (Wildman–Crippen MR) is 58.0 cm³/mol. The fourth-order valence-corrected chi connectivity index (χ4v) is 1.65. The molecule has 14 heavy (non-hydrogen) atoms. The van der Waals surface area contributed by atoms with E-state index in [1.807, 2.05) is 27.7 Å². The molecule has 0 aliphatic heterocycles. The highest BCUT2D eigenvalue weighted by Gasteiger charge is 2.16. The van der Waals surface area contributed by atoms with Crippen LogP contribution in [-0.4, -0.2) is 9.97 Å². The van der Waals surface area contributed by atoms with E-state index in [4.69, 9.17) is 11.6 Å². The highest BCUT2D eigenvalue weighted by Crippen LogP contribution is 2.21. The molecule has 0 aliphatic rings. The molecule has 0 amide bonds. The van der Waals surface area contributed by atoms with Gasteiger partial charge in [-0.15, -0.1) is 0 Å². The molecule has 0 aliphatic carbocycles. The van der Waals surface area contributed by atoms with Gasteiger partial charge in [-0.25, -0.2) is 4.98 Å². The van der Waals surface area contributed by atoms with E-state index in [9.17, 15) is 4.79 Å². The van der Waals surface area contributed by atoms with Gasteiger partial charge in [0.15, 0.2) is 0 Å². The summed E-state index contributed by atoms with van der Waals surface area (Å²) in [6.45, 7) is 7.96. The molecule has 1 aromatic rings. The van der Waals surface area contributed by atoms with Crippen molar-refractivity contribution in [3.8, 4) is 0 Å². The number of nitrogens with zero attached hydrogens (tertiary/aromatic N) is 1. The zero-order valence-corrected chi connectivity index (χ0v) is 9.64. The van der Waals surface area contributed by atoms with Crippen molar-refractivity contribution in [3.05, 3.63) is 26.9 Å². The van der Waals surface area contributed by atoms with Crippen molar-refractivity contribution < 1.29 is 0 Å². The van der Waals surface area contributed by atoms with Crippen LogP contribution >= 0.6 is 11.6 Å². The average molecular weight is 215 g/mol. The van der Waals surface area contributed by atoms with Crippen LogP contribution in [0.4, 0.5) is 0 Å². The molecular formula is C10H15ClN2O. The number of aromatic nitrogens is 2. The Hall–Kier alpha value is -0.830. The average Bonchev–Trinajstić information content (AvgIpc) is 2.01. The molecular weight excluding hydrogens is 200 g/mol. The molecule has 4 heteroatoms. The van der Waals surface area contributed by atoms with E-state index >= 15 is 0 Å². The minimum Gasteiger partial charge on any atom is -0.297 e. The van der Waals surface area contributed by atoms with Crippen LogP contribution in [0.15, 0.2) is 4.79 Å². The smallest absolute Gasteiger partial charge is 0.255 e. The molecule has 1 rings (SSSR count). The van der Waals surface area contributed by atoms with Gasteiger partial charge in [0.1, 0.15) is 0 Å². The summed E-state index contributed by atoms with van der Waals surface area (Å²) in [7, 11) is 0. The van der Waals surface area contributed by atoms with E-state index in [0.717, 1.165) is 11.3 Å². The summed E-state index contributed by atoms with van der Waals surface area (Å²) >= 11 is 5.70. The van der Waals surface area contributed by atoms with Gasteiger partial charge in [-0.3, -0.25) is 9.78 Å². The van der Waals surface area contributed by atoms with Crippen molar-refractivity contribution >= 4 is 11.6 Å². The molecule has 0 spiro atoms. The summed E-state index contributed by atoms with van der Waals surface area (Å²) in [5, 5.41) is 0.170. The summed E-state index contributed by atoms with van der Waals surface area (Å²) in [6.07, 6.45) is 0. The van der Waals surface area contributed by atoms with Crippen molar-refractivity contribution in [2.45, 2.75) is 39.5 Å². The maximum absolute atomic E-state index is 11.6. The Kier molecular flexibility index (Phi) is 3.32. The Morgan fingerprint density at radius 2 is 1.79 bits per heavy atom. The minimum atomic E-state index is -0.122. The molecule has 0 atom stereocenters. The zero-order chi connectivity index (χ0) is 10.9. The SMILES string of the molecule is CC(C)c1nc(Cl)[nH]c(=O)c1C(C)C. The monoisotopic (exact) mass is 214 g/mol. The Labute approximate surface area is 88.5 Å². The van der Waals surface area contributed by atoms with Crippen LogP contribution in [0.1, 0.15) is 50.8 Å².